The summed E-state index contributed by atoms with van der Waals surface area (Å²) in [5.41, 5.74) is 2.05. The Morgan fingerprint density at radius 3 is 3.20 bits per heavy atom. The van der Waals surface area contributed by atoms with E-state index in [4.69, 9.17) is 10.00 Å². The summed E-state index contributed by atoms with van der Waals surface area (Å²) in [7, 11) is 0. The highest BCUT2D eigenvalue weighted by molar-refractivity contribution is 5.77. The smallest absolute Gasteiger partial charge is 0.257 e. The van der Waals surface area contributed by atoms with Gasteiger partial charge in [-0.25, -0.2) is 0 Å². The van der Waals surface area contributed by atoms with E-state index >= 15 is 0 Å². The first-order valence-corrected chi connectivity index (χ1v) is 6.78. The molecule has 2 N–H and O–H groups in total. The average molecular weight is 274 g/mol. The number of aliphatic hydroxyl groups excluding tert-OH is 1. The van der Waals surface area contributed by atoms with Crippen molar-refractivity contribution in [3.63, 3.8) is 0 Å². The van der Waals surface area contributed by atoms with Crippen molar-refractivity contribution in [1.82, 2.24) is 5.32 Å². The molecule has 0 radical (unpaired) electrons. The lowest BCUT2D eigenvalue weighted by Crippen LogP contribution is -2.29. The Kier molecular flexibility index (Phi) is 4.97. The number of aryl methyl sites for hydroxylation is 1. The first-order valence-electron chi connectivity index (χ1n) is 6.78. The van der Waals surface area contributed by atoms with Crippen molar-refractivity contribution in [2.75, 3.05) is 13.2 Å². The molecule has 5 nitrogen and oxygen atoms in total. The predicted molar refractivity (Wildman–Crippen MR) is 73.1 cm³/mol. The van der Waals surface area contributed by atoms with Crippen LogP contribution >= 0.6 is 0 Å². The first-order chi connectivity index (χ1) is 9.70. The minimum atomic E-state index is -0.438. The van der Waals surface area contributed by atoms with Crippen molar-refractivity contribution in [3.05, 3.63) is 29.3 Å². The van der Waals surface area contributed by atoms with Crippen LogP contribution in [0.4, 0.5) is 0 Å². The summed E-state index contributed by atoms with van der Waals surface area (Å²) in [5, 5.41) is 20.9. The maximum Gasteiger partial charge on any atom is 0.257 e. The van der Waals surface area contributed by atoms with Crippen LogP contribution in [0, 0.1) is 11.3 Å². The van der Waals surface area contributed by atoms with Gasteiger partial charge >= 0.3 is 0 Å². The Morgan fingerprint density at radius 2 is 2.40 bits per heavy atom. The molecule has 0 saturated heterocycles. The van der Waals surface area contributed by atoms with Gasteiger partial charge in [-0.3, -0.25) is 4.79 Å². The fourth-order valence-corrected chi connectivity index (χ4v) is 2.30. The zero-order chi connectivity index (χ0) is 14.4. The highest BCUT2D eigenvalue weighted by atomic mass is 16.5. The predicted octanol–water partition coefficient (Wildman–Crippen LogP) is 1.46. The van der Waals surface area contributed by atoms with Gasteiger partial charge in [0, 0.05) is 6.54 Å². The first kappa shape index (κ1) is 14.4. The summed E-state index contributed by atoms with van der Waals surface area (Å²) in [6.45, 7) is 0.252. The molecular weight excluding hydrogens is 256 g/mol. The molecule has 1 aromatic rings. The Labute approximate surface area is 118 Å². The van der Waals surface area contributed by atoms with E-state index in [0.29, 0.717) is 12.3 Å². The Balaban J connectivity index is 1.89. The van der Waals surface area contributed by atoms with Gasteiger partial charge in [0.25, 0.3) is 5.91 Å². The number of amides is 1. The Hall–Kier alpha value is -2.06. The molecule has 0 saturated carbocycles. The maximum absolute atomic E-state index is 11.4. The molecule has 1 aliphatic carbocycles. The number of hydrogen-bond acceptors (Lipinski definition) is 4. The monoisotopic (exact) mass is 274 g/mol. The van der Waals surface area contributed by atoms with Crippen LogP contribution in [0.15, 0.2) is 18.2 Å². The fraction of sp³-hybridized carbons (Fsp3) is 0.467. The summed E-state index contributed by atoms with van der Waals surface area (Å²) in [6, 6.07) is 7.52. The summed E-state index contributed by atoms with van der Waals surface area (Å²) in [5.74, 6) is 0.332. The molecule has 0 unspecified atom stereocenters. The van der Waals surface area contributed by atoms with Crippen LogP contribution in [0.5, 0.6) is 5.75 Å². The van der Waals surface area contributed by atoms with Crippen LogP contribution in [0.25, 0.3) is 0 Å². The molecule has 2 rings (SSSR count). The van der Waals surface area contributed by atoms with Crippen molar-refractivity contribution < 1.29 is 14.6 Å². The van der Waals surface area contributed by atoms with E-state index in [9.17, 15) is 9.90 Å². The summed E-state index contributed by atoms with van der Waals surface area (Å²) in [4.78, 5) is 11.4. The molecule has 5 heteroatoms. The zero-order valence-corrected chi connectivity index (χ0v) is 11.3. The summed E-state index contributed by atoms with van der Waals surface area (Å²) >= 11 is 0. The molecule has 1 aromatic carbocycles. The number of rotatable bonds is 5. The lowest BCUT2D eigenvalue weighted by atomic mass is 9.89. The second-order valence-corrected chi connectivity index (χ2v) is 4.82. The van der Waals surface area contributed by atoms with Crippen molar-refractivity contribution in [3.8, 4) is 11.8 Å². The molecule has 0 heterocycles. The third kappa shape index (κ3) is 3.72. The normalized spacial score (nSPS) is 16.9. The van der Waals surface area contributed by atoms with Crippen molar-refractivity contribution in [2.45, 2.75) is 31.8 Å². The van der Waals surface area contributed by atoms with E-state index < -0.39 is 6.10 Å². The number of nitrogens with zero attached hydrogens (tertiary/aromatic N) is 1. The molecule has 0 fully saturated rings. The van der Waals surface area contributed by atoms with Crippen LogP contribution in [0.3, 0.4) is 0 Å². The fourth-order valence-electron chi connectivity index (χ4n) is 2.30. The number of carbonyl (C=O) groups excluding carboxylic acids is 1. The van der Waals surface area contributed by atoms with Gasteiger partial charge in [-0.1, -0.05) is 6.07 Å². The van der Waals surface area contributed by atoms with Gasteiger partial charge in [-0.15, -0.1) is 0 Å². The van der Waals surface area contributed by atoms with Crippen LogP contribution < -0.4 is 10.1 Å². The van der Waals surface area contributed by atoms with Crippen LogP contribution in [-0.2, 0) is 11.2 Å². The van der Waals surface area contributed by atoms with Gasteiger partial charge in [0.2, 0.25) is 0 Å². The highest BCUT2D eigenvalue weighted by Gasteiger charge is 2.18. The third-order valence-corrected chi connectivity index (χ3v) is 3.33. The zero-order valence-electron chi connectivity index (χ0n) is 11.3. The number of carbonyl (C=O) groups is 1. The van der Waals surface area contributed by atoms with E-state index in [-0.39, 0.29) is 18.9 Å². The number of hydrogen-bond donors (Lipinski definition) is 2. The van der Waals surface area contributed by atoms with E-state index in [1.807, 2.05) is 24.3 Å². The van der Waals surface area contributed by atoms with E-state index in [1.54, 1.807) is 0 Å². The summed E-state index contributed by atoms with van der Waals surface area (Å²) < 4.78 is 5.41. The number of nitriles is 1. The highest BCUT2D eigenvalue weighted by Crippen LogP contribution is 2.32. The minimum absolute atomic E-state index is 0.0830. The maximum atomic E-state index is 11.4. The second kappa shape index (κ2) is 6.92. The van der Waals surface area contributed by atoms with Crippen LogP contribution in [0.1, 0.15) is 36.5 Å². The van der Waals surface area contributed by atoms with E-state index in [1.165, 1.54) is 0 Å². The van der Waals surface area contributed by atoms with Gasteiger partial charge in [0.1, 0.15) is 5.75 Å². The van der Waals surface area contributed by atoms with E-state index in [0.717, 1.165) is 30.4 Å². The number of aliphatic hydroxyl groups is 1. The van der Waals surface area contributed by atoms with Crippen molar-refractivity contribution in [1.29, 1.82) is 5.26 Å². The van der Waals surface area contributed by atoms with E-state index in [2.05, 4.69) is 5.32 Å². The van der Waals surface area contributed by atoms with Crippen molar-refractivity contribution in [2.24, 2.45) is 0 Å². The molecule has 0 aliphatic heterocycles. The molecule has 0 bridgehead atoms. The quantitative estimate of drug-likeness (QED) is 0.796. The Bertz CT molecular complexity index is 522. The van der Waals surface area contributed by atoms with Gasteiger partial charge in [0.05, 0.1) is 18.6 Å². The number of benzene rings is 1. The second-order valence-electron chi connectivity index (χ2n) is 4.82. The average Bonchev–Trinajstić information content (AvgIpc) is 2.46. The number of ether oxygens (including phenoxy) is 1. The van der Waals surface area contributed by atoms with Gasteiger partial charge in [0.15, 0.2) is 6.61 Å². The summed E-state index contributed by atoms with van der Waals surface area (Å²) in [6.07, 6.45) is 2.59. The largest absolute Gasteiger partial charge is 0.484 e. The van der Waals surface area contributed by atoms with Gasteiger partial charge < -0.3 is 15.2 Å². The van der Waals surface area contributed by atoms with Crippen LogP contribution in [-0.4, -0.2) is 24.2 Å². The molecule has 1 aliphatic rings. The molecule has 1 atom stereocenters. The third-order valence-electron chi connectivity index (χ3n) is 3.33. The number of fused-ring (bicyclic) bond motifs is 1. The lowest BCUT2D eigenvalue weighted by Gasteiger charge is -2.21. The molecule has 0 aromatic heterocycles. The van der Waals surface area contributed by atoms with Gasteiger partial charge in [-0.2, -0.15) is 5.26 Å². The lowest BCUT2D eigenvalue weighted by molar-refractivity contribution is -0.123. The van der Waals surface area contributed by atoms with Crippen LogP contribution in [0.2, 0.25) is 0 Å². The minimum Gasteiger partial charge on any atom is -0.484 e. The van der Waals surface area contributed by atoms with Crippen molar-refractivity contribution >= 4 is 5.91 Å². The SMILES string of the molecule is N#CCCNC(=O)COc1ccc2c(c1)[C@H](O)CCC2. The molecule has 1 amide bonds. The Morgan fingerprint density at radius 1 is 1.55 bits per heavy atom. The molecule has 106 valence electrons. The number of nitrogens with one attached hydrogen (secondary N) is 1. The standard InChI is InChI=1S/C15H18N2O3/c16-7-2-8-17-15(19)10-20-12-6-5-11-3-1-4-14(18)13(11)9-12/h5-6,9,14,18H,1-4,8,10H2,(H,17,19)/t14-/m1/s1. The molecule has 20 heavy (non-hydrogen) atoms. The topological polar surface area (TPSA) is 82.4 Å². The van der Waals surface area contributed by atoms with Gasteiger partial charge in [-0.05, 0) is 42.5 Å². The molecular formula is C15H18N2O3. The molecule has 0 spiro atoms.